The normalized spacial score (nSPS) is 27.6. The van der Waals surface area contributed by atoms with Crippen LogP contribution in [0.5, 0.6) is 5.75 Å². The zero-order valence-corrected chi connectivity index (χ0v) is 25.7. The van der Waals surface area contributed by atoms with Crippen LogP contribution in [-0.2, 0) is 14.4 Å². The van der Waals surface area contributed by atoms with Crippen LogP contribution in [-0.4, -0.2) is 76.1 Å². The topological polar surface area (TPSA) is 111 Å². The van der Waals surface area contributed by atoms with Crippen LogP contribution in [0.3, 0.4) is 0 Å². The van der Waals surface area contributed by atoms with E-state index in [1.54, 1.807) is 28.8 Å². The van der Waals surface area contributed by atoms with E-state index in [4.69, 9.17) is 4.74 Å². The number of hydrogen-bond acceptors (Lipinski definition) is 7. The Hall–Kier alpha value is -3.24. The summed E-state index contributed by atoms with van der Waals surface area (Å²) in [6.45, 7) is 10.7. The molecular weight excluding hydrogens is 552 g/mol. The lowest BCUT2D eigenvalue weighted by atomic mass is 9.66. The average molecular weight is 595 g/mol. The lowest BCUT2D eigenvalue weighted by Gasteiger charge is -2.34. The summed E-state index contributed by atoms with van der Waals surface area (Å²) in [5.41, 5.74) is 2.38. The standard InChI is InChI=1S/C32H42N4O5S/c1-5-35(6-2)23-13-9-21(10-14-23)34-29(39)27-32-18-17-31(4,42-32)25(26(32)30(40)36(27)19-8-20-37)28(38)33-22-11-15-24(16-12-22)41-7-3/h9-16,25-27,37H,5-8,17-20H2,1-4H3,(H,33,38)(H,34,39)/t25-,26-,27?,31+,32?/m0/s1. The number of aliphatic hydroxyl groups excluding tert-OH is 1. The van der Waals surface area contributed by atoms with Crippen molar-refractivity contribution in [1.29, 1.82) is 0 Å². The van der Waals surface area contributed by atoms with Gasteiger partial charge in [0.2, 0.25) is 17.7 Å². The second-order valence-corrected chi connectivity index (χ2v) is 13.4. The highest BCUT2D eigenvalue weighted by atomic mass is 32.2. The maximum Gasteiger partial charge on any atom is 0.248 e. The number of nitrogens with zero attached hydrogens (tertiary/aromatic N) is 2. The minimum absolute atomic E-state index is 0.0882. The van der Waals surface area contributed by atoms with Crippen molar-refractivity contribution in [3.05, 3.63) is 48.5 Å². The highest BCUT2D eigenvalue weighted by molar-refractivity contribution is 8.02. The molecule has 0 aromatic heterocycles. The molecule has 3 N–H and O–H groups in total. The number of benzene rings is 2. The minimum Gasteiger partial charge on any atom is -0.494 e. The molecule has 2 unspecified atom stereocenters. The molecule has 2 bridgehead atoms. The van der Waals surface area contributed by atoms with Crippen molar-refractivity contribution >= 4 is 46.5 Å². The van der Waals surface area contributed by atoms with Crippen LogP contribution >= 0.6 is 11.8 Å². The molecule has 9 nitrogen and oxygen atoms in total. The van der Waals surface area contributed by atoms with Gasteiger partial charge in [0.25, 0.3) is 0 Å². The van der Waals surface area contributed by atoms with Crippen LogP contribution in [0.15, 0.2) is 48.5 Å². The Bertz CT molecular complexity index is 1300. The lowest BCUT2D eigenvalue weighted by molar-refractivity contribution is -0.139. The number of likely N-dealkylation sites (tertiary alicyclic amines) is 1. The van der Waals surface area contributed by atoms with E-state index in [0.717, 1.165) is 30.9 Å². The maximum absolute atomic E-state index is 14.1. The molecule has 42 heavy (non-hydrogen) atoms. The summed E-state index contributed by atoms with van der Waals surface area (Å²) in [5, 5.41) is 15.7. The predicted molar refractivity (Wildman–Crippen MR) is 167 cm³/mol. The number of carbonyl (C=O) groups is 3. The molecule has 3 saturated heterocycles. The van der Waals surface area contributed by atoms with Gasteiger partial charge in [0.1, 0.15) is 11.8 Å². The number of thioether (sulfide) groups is 1. The van der Waals surface area contributed by atoms with Gasteiger partial charge in [-0.25, -0.2) is 0 Å². The van der Waals surface area contributed by atoms with E-state index in [1.165, 1.54) is 0 Å². The summed E-state index contributed by atoms with van der Waals surface area (Å²) in [6, 6.07) is 14.2. The van der Waals surface area contributed by atoms with Crippen molar-refractivity contribution in [2.75, 3.05) is 48.4 Å². The Morgan fingerprint density at radius 2 is 1.62 bits per heavy atom. The van der Waals surface area contributed by atoms with Gasteiger partial charge >= 0.3 is 0 Å². The van der Waals surface area contributed by atoms with Crippen LogP contribution in [0, 0.1) is 11.8 Å². The first-order valence-corrected chi connectivity index (χ1v) is 15.8. The highest BCUT2D eigenvalue weighted by Gasteiger charge is 2.77. The van der Waals surface area contributed by atoms with Crippen LogP contribution in [0.4, 0.5) is 17.1 Å². The van der Waals surface area contributed by atoms with Crippen LogP contribution in [0.1, 0.15) is 47.0 Å². The van der Waals surface area contributed by atoms with Gasteiger partial charge in [-0.15, -0.1) is 11.8 Å². The van der Waals surface area contributed by atoms with Crippen LogP contribution in [0.25, 0.3) is 0 Å². The number of rotatable bonds is 12. The summed E-state index contributed by atoms with van der Waals surface area (Å²) < 4.78 is 4.33. The van der Waals surface area contributed by atoms with Crippen molar-refractivity contribution in [3.63, 3.8) is 0 Å². The molecule has 2 aromatic carbocycles. The summed E-state index contributed by atoms with van der Waals surface area (Å²) in [7, 11) is 0. The summed E-state index contributed by atoms with van der Waals surface area (Å²) >= 11 is 1.63. The monoisotopic (exact) mass is 594 g/mol. The number of fused-ring (bicyclic) bond motifs is 1. The zero-order valence-electron chi connectivity index (χ0n) is 24.9. The number of hydrogen-bond donors (Lipinski definition) is 3. The third-order valence-electron chi connectivity index (χ3n) is 9.06. The second kappa shape index (κ2) is 12.2. The molecule has 0 aliphatic carbocycles. The molecule has 3 fully saturated rings. The van der Waals surface area contributed by atoms with Crippen molar-refractivity contribution in [2.45, 2.75) is 62.5 Å². The first kappa shape index (κ1) is 30.2. The van der Waals surface area contributed by atoms with Gasteiger partial charge in [-0.2, -0.15) is 0 Å². The average Bonchev–Trinajstić information content (AvgIpc) is 3.55. The minimum atomic E-state index is -0.737. The van der Waals surface area contributed by atoms with Crippen molar-refractivity contribution in [2.24, 2.45) is 11.8 Å². The Labute approximate surface area is 252 Å². The SMILES string of the molecule is CCOc1ccc(NC(=O)[C@@H]2[C@H]3C(=O)N(CCCO)C(C(=O)Nc4ccc(N(CC)CC)cc4)C34CC[C@@]2(C)S4)cc1. The molecule has 10 heteroatoms. The van der Waals surface area contributed by atoms with Gasteiger partial charge in [-0.1, -0.05) is 0 Å². The van der Waals surface area contributed by atoms with E-state index in [2.05, 4.69) is 36.3 Å². The lowest BCUT2D eigenvalue weighted by Crippen LogP contribution is -2.52. The first-order chi connectivity index (χ1) is 20.2. The van der Waals surface area contributed by atoms with Gasteiger partial charge in [-0.3, -0.25) is 14.4 Å². The highest BCUT2D eigenvalue weighted by Crippen LogP contribution is 2.71. The quantitative estimate of drug-likeness (QED) is 0.335. The fourth-order valence-electron chi connectivity index (χ4n) is 7.18. The number of ether oxygens (including phenoxy) is 1. The summed E-state index contributed by atoms with van der Waals surface area (Å²) in [4.78, 5) is 45.9. The molecule has 3 aliphatic rings. The molecule has 5 rings (SSSR count). The Kier molecular flexibility index (Phi) is 8.76. The van der Waals surface area contributed by atoms with E-state index in [0.29, 0.717) is 30.8 Å². The zero-order chi connectivity index (χ0) is 30.1. The molecule has 3 heterocycles. The maximum atomic E-state index is 14.1. The molecule has 226 valence electrons. The van der Waals surface area contributed by atoms with E-state index >= 15 is 0 Å². The summed E-state index contributed by atoms with van der Waals surface area (Å²) in [5.74, 6) is -1.11. The predicted octanol–water partition coefficient (Wildman–Crippen LogP) is 4.37. The summed E-state index contributed by atoms with van der Waals surface area (Å²) in [6.07, 6.45) is 1.77. The van der Waals surface area contributed by atoms with E-state index in [9.17, 15) is 19.5 Å². The second-order valence-electron chi connectivity index (χ2n) is 11.5. The van der Waals surface area contributed by atoms with Gasteiger partial charge in [0, 0.05) is 48.1 Å². The fourth-order valence-corrected chi connectivity index (χ4v) is 9.54. The molecule has 0 radical (unpaired) electrons. The largest absolute Gasteiger partial charge is 0.494 e. The molecule has 0 saturated carbocycles. The molecule has 3 amide bonds. The van der Waals surface area contributed by atoms with Gasteiger partial charge in [0.15, 0.2) is 0 Å². The molecule has 1 spiro atoms. The van der Waals surface area contributed by atoms with Crippen LogP contribution < -0.4 is 20.3 Å². The number of nitrogens with one attached hydrogen (secondary N) is 2. The molecule has 3 aliphatic heterocycles. The first-order valence-electron chi connectivity index (χ1n) is 15.0. The third-order valence-corrected chi connectivity index (χ3v) is 11.0. The number of amides is 3. The Morgan fingerprint density at radius 3 is 2.21 bits per heavy atom. The molecular formula is C32H42N4O5S. The van der Waals surface area contributed by atoms with Gasteiger partial charge < -0.3 is 30.3 Å². The fraction of sp³-hybridized carbons (Fsp3) is 0.531. The van der Waals surface area contributed by atoms with E-state index in [-0.39, 0.29) is 30.9 Å². The smallest absolute Gasteiger partial charge is 0.248 e. The van der Waals surface area contributed by atoms with Crippen molar-refractivity contribution in [1.82, 2.24) is 4.90 Å². The number of carbonyl (C=O) groups excluding carboxylic acids is 3. The third kappa shape index (κ3) is 5.24. The number of aliphatic hydroxyl groups is 1. The number of anilines is 3. The van der Waals surface area contributed by atoms with Crippen LogP contribution in [0.2, 0.25) is 0 Å². The molecule has 5 atom stereocenters. The van der Waals surface area contributed by atoms with E-state index in [1.807, 2.05) is 43.3 Å². The van der Waals surface area contributed by atoms with E-state index < -0.39 is 27.4 Å². The Balaban J connectivity index is 1.41. The van der Waals surface area contributed by atoms with Crippen molar-refractivity contribution in [3.8, 4) is 5.75 Å². The van der Waals surface area contributed by atoms with Gasteiger partial charge in [-0.05, 0) is 95.5 Å². The van der Waals surface area contributed by atoms with Crippen molar-refractivity contribution < 1.29 is 24.2 Å². The van der Waals surface area contributed by atoms with Gasteiger partial charge in [0.05, 0.1) is 23.2 Å². The Morgan fingerprint density at radius 1 is 1.00 bits per heavy atom. The molecule has 2 aromatic rings.